The summed E-state index contributed by atoms with van der Waals surface area (Å²) in [5, 5.41) is 3.14. The maximum Gasteiger partial charge on any atom is 0.251 e. The molecule has 0 saturated carbocycles. The van der Waals surface area contributed by atoms with Crippen molar-refractivity contribution >= 4 is 23.3 Å². The lowest BCUT2D eigenvalue weighted by molar-refractivity contribution is 0.0935. The van der Waals surface area contributed by atoms with Crippen LogP contribution in [-0.2, 0) is 0 Å². The predicted molar refractivity (Wildman–Crippen MR) is 65.5 cm³/mol. The Morgan fingerprint density at radius 3 is 2.62 bits per heavy atom. The molecule has 0 fully saturated rings. The third kappa shape index (κ3) is 3.38. The van der Waals surface area contributed by atoms with E-state index in [-0.39, 0.29) is 22.9 Å². The van der Waals surface area contributed by atoms with Gasteiger partial charge in [0.15, 0.2) is 0 Å². The highest BCUT2D eigenvalue weighted by atomic mass is 35.5. The predicted octanol–water partition coefficient (Wildman–Crippen LogP) is 2.24. The molecule has 0 aliphatic rings. The third-order valence-corrected chi connectivity index (χ3v) is 2.59. The van der Waals surface area contributed by atoms with Crippen LogP contribution in [0.5, 0.6) is 0 Å². The smallest absolute Gasteiger partial charge is 0.251 e. The summed E-state index contributed by atoms with van der Waals surface area (Å²) in [7, 11) is 0. The number of pyridine rings is 1. The standard InChI is InChI=1S/C11H16ClN3O/c1-3-8(4-2)14-11(16)7-5-9(12)15-10(13)6-7/h5-6,8H,3-4H2,1-2H3,(H2,13,15)(H,14,16). The van der Waals surface area contributed by atoms with Gasteiger partial charge in [0.1, 0.15) is 11.0 Å². The van der Waals surface area contributed by atoms with Crippen LogP contribution in [0.1, 0.15) is 37.0 Å². The Bertz CT molecular complexity index is 357. The molecule has 0 bridgehead atoms. The maximum absolute atomic E-state index is 11.8. The van der Waals surface area contributed by atoms with Gasteiger partial charge in [-0.05, 0) is 25.0 Å². The molecule has 1 amide bonds. The molecule has 0 radical (unpaired) electrons. The summed E-state index contributed by atoms with van der Waals surface area (Å²) in [6.07, 6.45) is 1.80. The Morgan fingerprint density at radius 2 is 2.12 bits per heavy atom. The van der Waals surface area contributed by atoms with Crippen LogP contribution in [-0.4, -0.2) is 16.9 Å². The van der Waals surface area contributed by atoms with Crippen molar-refractivity contribution in [3.05, 3.63) is 22.8 Å². The van der Waals surface area contributed by atoms with Crippen molar-refractivity contribution in [1.29, 1.82) is 0 Å². The first-order valence-electron chi connectivity index (χ1n) is 5.30. The normalized spacial score (nSPS) is 10.5. The molecule has 4 nitrogen and oxygen atoms in total. The van der Waals surface area contributed by atoms with E-state index in [9.17, 15) is 4.79 Å². The number of carbonyl (C=O) groups is 1. The second-order valence-corrected chi connectivity index (χ2v) is 3.98. The largest absolute Gasteiger partial charge is 0.384 e. The Balaban J connectivity index is 2.80. The molecule has 1 aromatic heterocycles. The summed E-state index contributed by atoms with van der Waals surface area (Å²) in [6.45, 7) is 4.06. The van der Waals surface area contributed by atoms with Crippen LogP contribution in [0.25, 0.3) is 0 Å². The number of amides is 1. The molecule has 1 rings (SSSR count). The minimum atomic E-state index is -0.162. The molecule has 1 heterocycles. The highest BCUT2D eigenvalue weighted by Crippen LogP contribution is 2.12. The van der Waals surface area contributed by atoms with Crippen molar-refractivity contribution in [3.8, 4) is 0 Å². The van der Waals surface area contributed by atoms with Crippen LogP contribution >= 0.6 is 11.6 Å². The highest BCUT2D eigenvalue weighted by Gasteiger charge is 2.11. The summed E-state index contributed by atoms with van der Waals surface area (Å²) >= 11 is 5.73. The summed E-state index contributed by atoms with van der Waals surface area (Å²) in [6, 6.07) is 3.21. The lowest BCUT2D eigenvalue weighted by Gasteiger charge is -2.14. The topological polar surface area (TPSA) is 68.0 Å². The van der Waals surface area contributed by atoms with Gasteiger partial charge >= 0.3 is 0 Å². The molecule has 0 unspecified atom stereocenters. The Labute approximate surface area is 100 Å². The number of carbonyl (C=O) groups excluding carboxylic acids is 1. The molecule has 1 aromatic rings. The molecule has 3 N–H and O–H groups in total. The number of halogens is 1. The van der Waals surface area contributed by atoms with E-state index >= 15 is 0 Å². The monoisotopic (exact) mass is 241 g/mol. The van der Waals surface area contributed by atoms with E-state index in [1.54, 1.807) is 0 Å². The Kier molecular flexibility index (Phi) is 4.55. The second kappa shape index (κ2) is 5.70. The quantitative estimate of drug-likeness (QED) is 0.795. The van der Waals surface area contributed by atoms with Crippen LogP contribution in [0.4, 0.5) is 5.82 Å². The number of hydrogen-bond donors (Lipinski definition) is 2. The number of hydrogen-bond acceptors (Lipinski definition) is 3. The van der Waals surface area contributed by atoms with Gasteiger partial charge in [0.05, 0.1) is 0 Å². The van der Waals surface area contributed by atoms with Crippen molar-refractivity contribution < 1.29 is 4.79 Å². The fraction of sp³-hybridized carbons (Fsp3) is 0.455. The van der Waals surface area contributed by atoms with Gasteiger partial charge in [0.2, 0.25) is 0 Å². The number of nitrogen functional groups attached to an aromatic ring is 1. The number of anilines is 1. The van der Waals surface area contributed by atoms with Crippen molar-refractivity contribution in [1.82, 2.24) is 10.3 Å². The van der Waals surface area contributed by atoms with Crippen LogP contribution in [0.3, 0.4) is 0 Å². The molecule has 0 aliphatic heterocycles. The molecule has 0 aromatic carbocycles. The average molecular weight is 242 g/mol. The van der Waals surface area contributed by atoms with Gasteiger partial charge < -0.3 is 11.1 Å². The van der Waals surface area contributed by atoms with Gasteiger partial charge in [0, 0.05) is 11.6 Å². The van der Waals surface area contributed by atoms with Crippen molar-refractivity contribution in [2.24, 2.45) is 0 Å². The van der Waals surface area contributed by atoms with Gasteiger partial charge in [-0.25, -0.2) is 4.98 Å². The summed E-state index contributed by atoms with van der Waals surface area (Å²) in [5.74, 6) is 0.0897. The fourth-order valence-corrected chi connectivity index (χ4v) is 1.62. The Hall–Kier alpha value is -1.29. The van der Waals surface area contributed by atoms with Crippen LogP contribution in [0.2, 0.25) is 5.15 Å². The van der Waals surface area contributed by atoms with Crippen LogP contribution in [0, 0.1) is 0 Å². The lowest BCUT2D eigenvalue weighted by Crippen LogP contribution is -2.33. The highest BCUT2D eigenvalue weighted by molar-refractivity contribution is 6.29. The molecule has 0 spiro atoms. The average Bonchev–Trinajstić information content (AvgIpc) is 2.24. The van der Waals surface area contributed by atoms with Gasteiger partial charge in [0.25, 0.3) is 5.91 Å². The van der Waals surface area contributed by atoms with Crippen LogP contribution < -0.4 is 11.1 Å². The minimum absolute atomic E-state index is 0.162. The van der Waals surface area contributed by atoms with Gasteiger partial charge in [-0.2, -0.15) is 0 Å². The summed E-state index contributed by atoms with van der Waals surface area (Å²) in [4.78, 5) is 15.6. The van der Waals surface area contributed by atoms with Gasteiger partial charge in [-0.15, -0.1) is 0 Å². The van der Waals surface area contributed by atoms with E-state index in [1.165, 1.54) is 12.1 Å². The van der Waals surface area contributed by atoms with Crippen molar-refractivity contribution in [2.45, 2.75) is 32.7 Å². The van der Waals surface area contributed by atoms with E-state index in [1.807, 2.05) is 13.8 Å². The lowest BCUT2D eigenvalue weighted by atomic mass is 10.1. The molecule has 0 saturated heterocycles. The van der Waals surface area contributed by atoms with Gasteiger partial charge in [-0.1, -0.05) is 25.4 Å². The number of rotatable bonds is 4. The number of nitrogens with one attached hydrogen (secondary N) is 1. The van der Waals surface area contributed by atoms with E-state index in [0.717, 1.165) is 12.8 Å². The maximum atomic E-state index is 11.8. The third-order valence-electron chi connectivity index (χ3n) is 2.40. The first-order chi connectivity index (χ1) is 7.56. The van der Waals surface area contributed by atoms with Crippen molar-refractivity contribution in [3.63, 3.8) is 0 Å². The zero-order valence-electron chi connectivity index (χ0n) is 9.46. The fourth-order valence-electron chi connectivity index (χ4n) is 1.41. The summed E-state index contributed by atoms with van der Waals surface area (Å²) < 4.78 is 0. The van der Waals surface area contributed by atoms with E-state index in [4.69, 9.17) is 17.3 Å². The van der Waals surface area contributed by atoms with E-state index < -0.39 is 0 Å². The second-order valence-electron chi connectivity index (χ2n) is 3.59. The molecule has 0 atom stereocenters. The SMILES string of the molecule is CCC(CC)NC(=O)c1cc(N)nc(Cl)c1. The zero-order chi connectivity index (χ0) is 12.1. The van der Waals surface area contributed by atoms with Gasteiger partial charge in [-0.3, -0.25) is 4.79 Å². The van der Waals surface area contributed by atoms with Crippen LogP contribution in [0.15, 0.2) is 12.1 Å². The number of aromatic nitrogens is 1. The Morgan fingerprint density at radius 1 is 1.50 bits per heavy atom. The molecule has 0 aliphatic carbocycles. The summed E-state index contributed by atoms with van der Waals surface area (Å²) in [5.41, 5.74) is 5.97. The number of nitrogens with two attached hydrogens (primary N) is 1. The first kappa shape index (κ1) is 12.8. The molecular weight excluding hydrogens is 226 g/mol. The zero-order valence-corrected chi connectivity index (χ0v) is 10.2. The molecule has 88 valence electrons. The first-order valence-corrected chi connectivity index (χ1v) is 5.68. The van der Waals surface area contributed by atoms with E-state index in [0.29, 0.717) is 5.56 Å². The van der Waals surface area contributed by atoms with E-state index in [2.05, 4.69) is 10.3 Å². The molecule has 16 heavy (non-hydrogen) atoms. The molecule has 5 heteroatoms. The molecular formula is C11H16ClN3O. The number of nitrogens with zero attached hydrogens (tertiary/aromatic N) is 1. The van der Waals surface area contributed by atoms with Crippen molar-refractivity contribution in [2.75, 3.05) is 5.73 Å². The minimum Gasteiger partial charge on any atom is -0.384 e.